The Morgan fingerprint density at radius 1 is 1.15 bits per heavy atom. The molecule has 2 heterocycles. The molecule has 2 aromatic carbocycles. The predicted molar refractivity (Wildman–Crippen MR) is 123 cm³/mol. The van der Waals surface area contributed by atoms with Gasteiger partial charge in [0, 0.05) is 36.7 Å². The lowest BCUT2D eigenvalue weighted by atomic mass is 9.88. The molecule has 2 saturated heterocycles. The van der Waals surface area contributed by atoms with Gasteiger partial charge in [0.25, 0.3) is 0 Å². The van der Waals surface area contributed by atoms with Crippen LogP contribution in [0.15, 0.2) is 47.4 Å². The number of nitrogens with zero attached hydrogens (tertiary/aromatic N) is 2. The van der Waals surface area contributed by atoms with E-state index in [9.17, 15) is 18.0 Å². The summed E-state index contributed by atoms with van der Waals surface area (Å²) in [5.41, 5.74) is 5.41. The topological polar surface area (TPSA) is 134 Å². The van der Waals surface area contributed by atoms with Gasteiger partial charge >= 0.3 is 6.09 Å². The maximum Gasteiger partial charge on any atom is 0.416 e. The van der Waals surface area contributed by atoms with Crippen molar-refractivity contribution in [2.45, 2.75) is 36.6 Å². The number of hydrogen-bond acceptors (Lipinski definition) is 6. The number of benzene rings is 2. The molecule has 0 aliphatic carbocycles. The number of carbonyl (C=O) groups excluding carboxylic acids is 2. The molecule has 2 aromatic rings. The molecule has 2 fully saturated rings. The van der Waals surface area contributed by atoms with Crippen LogP contribution in [0.5, 0.6) is 0 Å². The van der Waals surface area contributed by atoms with Crippen molar-refractivity contribution in [2.75, 3.05) is 20.2 Å². The van der Waals surface area contributed by atoms with Gasteiger partial charge in [-0.1, -0.05) is 42.8 Å². The van der Waals surface area contributed by atoms with E-state index in [1.54, 1.807) is 24.3 Å². The molecule has 0 bridgehead atoms. The van der Waals surface area contributed by atoms with E-state index in [0.29, 0.717) is 31.1 Å². The highest BCUT2D eigenvalue weighted by atomic mass is 32.2. The van der Waals surface area contributed by atoms with Crippen molar-refractivity contribution in [3.8, 4) is 0 Å². The summed E-state index contributed by atoms with van der Waals surface area (Å²) in [7, 11) is -2.63. The van der Waals surface area contributed by atoms with Crippen LogP contribution in [0.3, 0.4) is 0 Å². The minimum atomic E-state index is -3.84. The molecule has 10 heteroatoms. The molecule has 3 N–H and O–H groups in total. The van der Waals surface area contributed by atoms with Crippen LogP contribution >= 0.6 is 0 Å². The third-order valence-electron chi connectivity index (χ3n) is 6.65. The maximum atomic E-state index is 13.6. The lowest BCUT2D eigenvalue weighted by Crippen LogP contribution is -2.43. The van der Waals surface area contributed by atoms with E-state index in [1.165, 1.54) is 11.4 Å². The first-order valence-electron chi connectivity index (χ1n) is 11.0. The van der Waals surface area contributed by atoms with Crippen LogP contribution in [0.4, 0.5) is 4.79 Å². The average Bonchev–Trinajstić information content (AvgIpc) is 3.33. The number of amides is 2. The summed E-state index contributed by atoms with van der Waals surface area (Å²) in [5.74, 6) is -1.01. The fraction of sp³-hybridized carbons (Fsp3) is 0.435. The fourth-order valence-corrected chi connectivity index (χ4v) is 6.78. The van der Waals surface area contributed by atoms with E-state index in [1.807, 2.05) is 18.2 Å². The Bertz CT molecular complexity index is 1190. The van der Waals surface area contributed by atoms with Crippen LogP contribution in [0, 0.1) is 17.2 Å². The van der Waals surface area contributed by atoms with Gasteiger partial charge in [0.05, 0.1) is 23.9 Å². The molecule has 4 rings (SSSR count). The number of methoxy groups -OCH3 is 1. The fourth-order valence-electron chi connectivity index (χ4n) is 5.07. The highest BCUT2D eigenvalue weighted by Crippen LogP contribution is 2.42. The third-order valence-corrected chi connectivity index (χ3v) is 8.54. The zero-order valence-electron chi connectivity index (χ0n) is 18.4. The van der Waals surface area contributed by atoms with Gasteiger partial charge in [0.2, 0.25) is 15.9 Å². The summed E-state index contributed by atoms with van der Waals surface area (Å²) >= 11 is 0. The molecule has 9 nitrogen and oxygen atoms in total. The second-order valence-electron chi connectivity index (χ2n) is 8.59. The molecule has 2 aliphatic heterocycles. The first-order chi connectivity index (χ1) is 15.8. The molecule has 176 valence electrons. The predicted octanol–water partition coefficient (Wildman–Crippen LogP) is 2.55. The van der Waals surface area contributed by atoms with Gasteiger partial charge in [-0.25, -0.2) is 18.1 Å². The van der Waals surface area contributed by atoms with E-state index < -0.39 is 28.1 Å². The second kappa shape index (κ2) is 9.11. The van der Waals surface area contributed by atoms with Gasteiger partial charge in [-0.3, -0.25) is 10.2 Å². The van der Waals surface area contributed by atoms with Crippen LogP contribution in [-0.4, -0.2) is 61.7 Å². The number of hydrogen-bond donors (Lipinski definition) is 2. The van der Waals surface area contributed by atoms with E-state index in [-0.39, 0.29) is 35.6 Å². The van der Waals surface area contributed by atoms with Crippen molar-refractivity contribution in [2.24, 2.45) is 17.6 Å². The standard InChI is InChI=1S/C23H28N4O5S/c1-32-23(29)27-19-14-26(13-18(19)17(22(27)28)10-4-5-12-21(24)25)33(30,31)20-11-6-8-15-7-2-3-9-16(15)20/h2-3,6-9,11,17-19H,4-5,10,12-14H2,1H3,(H3,24,25)/t17-,18+,19-/m1/s1. The zero-order valence-corrected chi connectivity index (χ0v) is 19.3. The second-order valence-corrected chi connectivity index (χ2v) is 10.5. The molecule has 3 atom stereocenters. The van der Waals surface area contributed by atoms with E-state index in [2.05, 4.69) is 0 Å². The number of rotatable bonds is 7. The summed E-state index contributed by atoms with van der Waals surface area (Å²) in [6.45, 7) is 0.202. The van der Waals surface area contributed by atoms with E-state index >= 15 is 0 Å². The number of imide groups is 1. The molecule has 2 amide bonds. The number of ether oxygens (including phenoxy) is 1. The molecule has 0 radical (unpaired) electrons. The van der Waals surface area contributed by atoms with Crippen molar-refractivity contribution >= 4 is 38.6 Å². The van der Waals surface area contributed by atoms with Crippen molar-refractivity contribution in [1.29, 1.82) is 5.41 Å². The molecule has 0 unspecified atom stereocenters. The van der Waals surface area contributed by atoms with Gasteiger partial charge in [-0.15, -0.1) is 0 Å². The Kier molecular flexibility index (Phi) is 6.40. The Morgan fingerprint density at radius 2 is 1.88 bits per heavy atom. The smallest absolute Gasteiger partial charge is 0.416 e. The summed E-state index contributed by atoms with van der Waals surface area (Å²) in [4.78, 5) is 26.8. The lowest BCUT2D eigenvalue weighted by molar-refractivity contribution is -0.130. The third kappa shape index (κ3) is 4.20. The number of unbranched alkanes of at least 4 members (excludes halogenated alkanes) is 1. The average molecular weight is 473 g/mol. The van der Waals surface area contributed by atoms with Crippen molar-refractivity contribution in [3.05, 3.63) is 42.5 Å². The Labute approximate surface area is 193 Å². The highest BCUT2D eigenvalue weighted by Gasteiger charge is 2.56. The van der Waals surface area contributed by atoms with Crippen LogP contribution in [0.2, 0.25) is 0 Å². The molecule has 2 aliphatic rings. The lowest BCUT2D eigenvalue weighted by Gasteiger charge is -2.23. The van der Waals surface area contributed by atoms with Crippen LogP contribution in [0.25, 0.3) is 10.8 Å². The number of amidine groups is 1. The number of fused-ring (bicyclic) bond motifs is 2. The van der Waals surface area contributed by atoms with Gasteiger partial charge in [0.1, 0.15) is 0 Å². The van der Waals surface area contributed by atoms with Crippen LogP contribution in [-0.2, 0) is 19.6 Å². The Morgan fingerprint density at radius 3 is 2.61 bits per heavy atom. The van der Waals surface area contributed by atoms with Crippen molar-refractivity contribution in [1.82, 2.24) is 9.21 Å². The highest BCUT2D eigenvalue weighted by molar-refractivity contribution is 7.89. The Balaban J connectivity index is 1.61. The number of likely N-dealkylation sites (tertiary alicyclic amines) is 1. The number of nitrogens with one attached hydrogen (secondary N) is 1. The van der Waals surface area contributed by atoms with E-state index in [0.717, 1.165) is 10.3 Å². The first-order valence-corrected chi connectivity index (χ1v) is 12.4. The largest absolute Gasteiger partial charge is 0.452 e. The minimum Gasteiger partial charge on any atom is -0.452 e. The summed E-state index contributed by atoms with van der Waals surface area (Å²) < 4.78 is 33.5. The summed E-state index contributed by atoms with van der Waals surface area (Å²) in [6, 6.07) is 11.9. The SMILES string of the molecule is COC(=O)N1C(=O)[C@H](CCCCC(=N)N)[C@@H]2CN(S(=O)(=O)c3cccc4ccccc34)C[C@H]21. The summed E-state index contributed by atoms with van der Waals surface area (Å²) in [6.07, 6.45) is 1.50. The molecular weight excluding hydrogens is 444 g/mol. The number of carbonyl (C=O) groups is 2. The van der Waals surface area contributed by atoms with E-state index in [4.69, 9.17) is 15.9 Å². The monoisotopic (exact) mass is 472 g/mol. The molecule has 33 heavy (non-hydrogen) atoms. The molecule has 0 spiro atoms. The molecule has 0 saturated carbocycles. The summed E-state index contributed by atoms with van der Waals surface area (Å²) in [5, 5.41) is 8.82. The van der Waals surface area contributed by atoms with Gasteiger partial charge in [-0.2, -0.15) is 4.31 Å². The normalized spacial score (nSPS) is 23.1. The zero-order chi connectivity index (χ0) is 23.8. The number of sulfonamides is 1. The van der Waals surface area contributed by atoms with Crippen molar-refractivity contribution < 1.29 is 22.7 Å². The molecular formula is C23H28N4O5S. The van der Waals surface area contributed by atoms with Crippen LogP contribution < -0.4 is 5.73 Å². The minimum absolute atomic E-state index is 0.0427. The van der Waals surface area contributed by atoms with Gasteiger partial charge < -0.3 is 10.5 Å². The quantitative estimate of drug-likeness (QED) is 0.361. The van der Waals surface area contributed by atoms with Gasteiger partial charge in [-0.05, 0) is 24.3 Å². The van der Waals surface area contributed by atoms with Crippen molar-refractivity contribution in [3.63, 3.8) is 0 Å². The van der Waals surface area contributed by atoms with Gasteiger partial charge in [0.15, 0.2) is 0 Å². The maximum absolute atomic E-state index is 13.6. The Hall–Kier alpha value is -2.98. The number of nitrogens with two attached hydrogens (primary N) is 1. The van der Waals surface area contributed by atoms with Crippen LogP contribution in [0.1, 0.15) is 25.7 Å². The molecule has 0 aromatic heterocycles. The first kappa shape index (κ1) is 23.2.